The molecule has 0 fully saturated rings. The first-order valence-electron chi connectivity index (χ1n) is 3.64. The van der Waals surface area contributed by atoms with E-state index in [1.165, 1.54) is 5.69 Å². The van der Waals surface area contributed by atoms with Crippen molar-refractivity contribution in [3.8, 4) is 0 Å². The highest BCUT2D eigenvalue weighted by molar-refractivity contribution is 8.93. The monoisotopic (exact) mass is 227 g/mol. The van der Waals surface area contributed by atoms with E-state index in [1.54, 1.807) is 0 Å². The predicted molar refractivity (Wildman–Crippen MR) is 61.2 cm³/mol. The van der Waals surface area contributed by atoms with Crippen LogP contribution in [0.2, 0.25) is 0 Å². The van der Waals surface area contributed by atoms with Gasteiger partial charge >= 0.3 is 0 Å². The van der Waals surface area contributed by atoms with Crippen LogP contribution < -0.4 is 4.90 Å². The Morgan fingerprint density at radius 2 is 1.67 bits per heavy atom. The molecule has 0 heterocycles. The lowest BCUT2D eigenvalue weighted by atomic mass is 10.2. The standard InChI is InChI=1S/C10H13N.BrH/c1-4-9-5-7-10(8-6-9)11(2)3;/h4-8H,1H2,2-3H3;1H. The van der Waals surface area contributed by atoms with Crippen LogP contribution in [0.4, 0.5) is 5.69 Å². The first-order valence-corrected chi connectivity index (χ1v) is 3.64. The second-order valence-electron chi connectivity index (χ2n) is 2.69. The maximum atomic E-state index is 3.69. The van der Waals surface area contributed by atoms with E-state index in [0.717, 1.165) is 5.56 Å². The van der Waals surface area contributed by atoms with Crippen LogP contribution in [0.25, 0.3) is 6.08 Å². The topological polar surface area (TPSA) is 3.24 Å². The Kier molecular flexibility index (Phi) is 4.67. The average molecular weight is 228 g/mol. The van der Waals surface area contributed by atoms with Crippen LogP contribution in [0.1, 0.15) is 5.56 Å². The summed E-state index contributed by atoms with van der Waals surface area (Å²) in [6.07, 6.45) is 1.85. The lowest BCUT2D eigenvalue weighted by Crippen LogP contribution is -2.07. The van der Waals surface area contributed by atoms with Crippen molar-refractivity contribution in [2.75, 3.05) is 19.0 Å². The molecule has 12 heavy (non-hydrogen) atoms. The zero-order chi connectivity index (χ0) is 8.27. The van der Waals surface area contributed by atoms with Crippen LogP contribution in [0, 0.1) is 0 Å². The van der Waals surface area contributed by atoms with E-state index in [2.05, 4.69) is 35.7 Å². The van der Waals surface area contributed by atoms with E-state index < -0.39 is 0 Å². The molecule has 0 saturated heterocycles. The summed E-state index contributed by atoms with van der Waals surface area (Å²) in [5.74, 6) is 0. The largest absolute Gasteiger partial charge is 0.378 e. The fourth-order valence-electron chi connectivity index (χ4n) is 0.909. The van der Waals surface area contributed by atoms with Gasteiger partial charge in [0, 0.05) is 19.8 Å². The number of halogens is 1. The molecule has 0 aliphatic rings. The summed E-state index contributed by atoms with van der Waals surface area (Å²) >= 11 is 0. The van der Waals surface area contributed by atoms with E-state index in [9.17, 15) is 0 Å². The molecule has 0 saturated carbocycles. The quantitative estimate of drug-likeness (QED) is 0.752. The van der Waals surface area contributed by atoms with Crippen molar-refractivity contribution in [3.05, 3.63) is 36.4 Å². The van der Waals surface area contributed by atoms with Gasteiger partial charge < -0.3 is 4.90 Å². The normalized spacial score (nSPS) is 8.50. The van der Waals surface area contributed by atoms with Crippen molar-refractivity contribution >= 4 is 28.7 Å². The Balaban J connectivity index is 0.00000121. The Hall–Kier alpha value is -0.760. The molecule has 0 bridgehead atoms. The molecule has 0 spiro atoms. The van der Waals surface area contributed by atoms with Crippen LogP contribution in [0.5, 0.6) is 0 Å². The van der Waals surface area contributed by atoms with Gasteiger partial charge in [0.1, 0.15) is 0 Å². The smallest absolute Gasteiger partial charge is 0.0361 e. The third kappa shape index (κ3) is 2.70. The summed E-state index contributed by atoms with van der Waals surface area (Å²) in [4.78, 5) is 2.08. The minimum atomic E-state index is 0. The SMILES string of the molecule is Br.C=Cc1ccc(N(C)C)cc1. The molecule has 0 unspecified atom stereocenters. The average Bonchev–Trinajstić information content (AvgIpc) is 2.05. The van der Waals surface area contributed by atoms with E-state index in [0.29, 0.717) is 0 Å². The van der Waals surface area contributed by atoms with Crippen molar-refractivity contribution < 1.29 is 0 Å². The number of hydrogen-bond acceptors (Lipinski definition) is 1. The first-order chi connectivity index (χ1) is 5.24. The highest BCUT2D eigenvalue weighted by atomic mass is 79.9. The van der Waals surface area contributed by atoms with Crippen molar-refractivity contribution in [3.63, 3.8) is 0 Å². The molecule has 0 aliphatic heterocycles. The molecule has 0 aromatic heterocycles. The van der Waals surface area contributed by atoms with Crippen molar-refractivity contribution in [1.82, 2.24) is 0 Å². The van der Waals surface area contributed by atoms with Gasteiger partial charge in [-0.1, -0.05) is 24.8 Å². The number of rotatable bonds is 2. The molecule has 2 heteroatoms. The summed E-state index contributed by atoms with van der Waals surface area (Å²) in [5.41, 5.74) is 2.38. The molecule has 66 valence electrons. The Bertz CT molecular complexity index is 239. The molecule has 0 radical (unpaired) electrons. The van der Waals surface area contributed by atoms with Gasteiger partial charge in [-0.25, -0.2) is 0 Å². The molecule has 0 N–H and O–H groups in total. The highest BCUT2D eigenvalue weighted by Crippen LogP contribution is 2.12. The summed E-state index contributed by atoms with van der Waals surface area (Å²) in [6.45, 7) is 3.69. The molecule has 1 rings (SSSR count). The maximum Gasteiger partial charge on any atom is 0.0361 e. The second-order valence-corrected chi connectivity index (χ2v) is 2.69. The second kappa shape index (κ2) is 4.99. The molecule has 0 amide bonds. The fraction of sp³-hybridized carbons (Fsp3) is 0.200. The van der Waals surface area contributed by atoms with Crippen LogP contribution in [-0.4, -0.2) is 14.1 Å². The van der Waals surface area contributed by atoms with Gasteiger partial charge in [-0.2, -0.15) is 0 Å². The lowest BCUT2D eigenvalue weighted by Gasteiger charge is -2.11. The van der Waals surface area contributed by atoms with E-state index in [4.69, 9.17) is 0 Å². The Morgan fingerprint density at radius 1 is 1.17 bits per heavy atom. The van der Waals surface area contributed by atoms with Crippen LogP contribution in [0.3, 0.4) is 0 Å². The summed E-state index contributed by atoms with van der Waals surface area (Å²) < 4.78 is 0. The Morgan fingerprint density at radius 3 is 2.00 bits per heavy atom. The van der Waals surface area contributed by atoms with Gasteiger partial charge in [0.25, 0.3) is 0 Å². The molecular formula is C10H14BrN. The predicted octanol–water partition coefficient (Wildman–Crippen LogP) is 2.97. The molecule has 1 aromatic carbocycles. The van der Waals surface area contributed by atoms with E-state index >= 15 is 0 Å². The van der Waals surface area contributed by atoms with Gasteiger partial charge in [-0.3, -0.25) is 0 Å². The van der Waals surface area contributed by atoms with Gasteiger partial charge in [-0.15, -0.1) is 17.0 Å². The zero-order valence-corrected chi connectivity index (χ0v) is 9.16. The van der Waals surface area contributed by atoms with Crippen LogP contribution in [0.15, 0.2) is 30.8 Å². The summed E-state index contributed by atoms with van der Waals surface area (Å²) in [6, 6.07) is 8.28. The fourth-order valence-corrected chi connectivity index (χ4v) is 0.909. The molecule has 1 aromatic rings. The van der Waals surface area contributed by atoms with Gasteiger partial charge in [-0.05, 0) is 17.7 Å². The third-order valence-corrected chi connectivity index (χ3v) is 1.65. The lowest BCUT2D eigenvalue weighted by molar-refractivity contribution is 1.13. The van der Waals surface area contributed by atoms with Crippen LogP contribution >= 0.6 is 17.0 Å². The number of benzene rings is 1. The van der Waals surface area contributed by atoms with Gasteiger partial charge in [0.2, 0.25) is 0 Å². The van der Waals surface area contributed by atoms with Gasteiger partial charge in [0.05, 0.1) is 0 Å². The number of anilines is 1. The van der Waals surface area contributed by atoms with Gasteiger partial charge in [0.15, 0.2) is 0 Å². The molecular weight excluding hydrogens is 214 g/mol. The number of nitrogens with zero attached hydrogens (tertiary/aromatic N) is 1. The molecule has 0 aliphatic carbocycles. The van der Waals surface area contributed by atoms with Crippen molar-refractivity contribution in [2.24, 2.45) is 0 Å². The highest BCUT2D eigenvalue weighted by Gasteiger charge is 1.91. The van der Waals surface area contributed by atoms with E-state index in [1.807, 2.05) is 20.2 Å². The van der Waals surface area contributed by atoms with Crippen molar-refractivity contribution in [2.45, 2.75) is 0 Å². The minimum Gasteiger partial charge on any atom is -0.378 e. The molecule has 1 nitrogen and oxygen atoms in total. The minimum absolute atomic E-state index is 0. The summed E-state index contributed by atoms with van der Waals surface area (Å²) in [7, 11) is 4.06. The Labute approximate surface area is 84.5 Å². The zero-order valence-electron chi connectivity index (χ0n) is 7.45. The maximum absolute atomic E-state index is 3.69. The summed E-state index contributed by atoms with van der Waals surface area (Å²) in [5, 5.41) is 0. The van der Waals surface area contributed by atoms with Crippen LogP contribution in [-0.2, 0) is 0 Å². The third-order valence-electron chi connectivity index (χ3n) is 1.65. The number of hydrogen-bond donors (Lipinski definition) is 0. The first kappa shape index (κ1) is 11.2. The van der Waals surface area contributed by atoms with Crippen molar-refractivity contribution in [1.29, 1.82) is 0 Å². The van der Waals surface area contributed by atoms with E-state index in [-0.39, 0.29) is 17.0 Å². The molecule has 0 atom stereocenters.